The van der Waals surface area contributed by atoms with Crippen molar-refractivity contribution in [1.29, 1.82) is 0 Å². The number of benzene rings is 2. The molecule has 0 aromatic heterocycles. The molecule has 0 radical (unpaired) electrons. The maximum absolute atomic E-state index is 12.5. The summed E-state index contributed by atoms with van der Waals surface area (Å²) in [5.41, 5.74) is -4.02. The Bertz CT molecular complexity index is 898. The van der Waals surface area contributed by atoms with E-state index in [0.29, 0.717) is 17.1 Å². The molecule has 0 amide bonds. The first-order chi connectivity index (χ1) is 14.6. The Labute approximate surface area is 178 Å². The lowest BCUT2D eigenvalue weighted by atomic mass is 10.2. The SMILES string of the molecule is COc1ccc(COC[C@H](COS(=O)(=O)C(F)(F)F)OCc2ccc(OC)cc2)cc1. The lowest BCUT2D eigenvalue weighted by molar-refractivity contribution is -0.0697. The van der Waals surface area contributed by atoms with Gasteiger partial charge < -0.3 is 18.9 Å². The fourth-order valence-electron chi connectivity index (χ4n) is 2.34. The Balaban J connectivity index is 1.96. The molecule has 0 bridgehead atoms. The first-order valence-electron chi connectivity index (χ1n) is 9.05. The topological polar surface area (TPSA) is 80.3 Å². The quantitative estimate of drug-likeness (QED) is 0.350. The van der Waals surface area contributed by atoms with E-state index in [0.717, 1.165) is 5.56 Å². The normalized spacial score (nSPS) is 13.1. The van der Waals surface area contributed by atoms with Gasteiger partial charge in [0.15, 0.2) is 0 Å². The number of methoxy groups -OCH3 is 2. The fraction of sp³-hybridized carbons (Fsp3) is 0.400. The van der Waals surface area contributed by atoms with Gasteiger partial charge in [0.2, 0.25) is 0 Å². The third kappa shape index (κ3) is 8.02. The Morgan fingerprint density at radius 1 is 0.806 bits per heavy atom. The third-order valence-corrected chi connectivity index (χ3v) is 5.08. The number of hydrogen-bond donors (Lipinski definition) is 0. The number of halogens is 3. The summed E-state index contributed by atoms with van der Waals surface area (Å²) in [6.45, 7) is -0.884. The number of ether oxygens (including phenoxy) is 4. The van der Waals surface area contributed by atoms with Crippen LogP contribution < -0.4 is 9.47 Å². The zero-order valence-corrected chi connectivity index (χ0v) is 17.7. The van der Waals surface area contributed by atoms with Gasteiger partial charge in [-0.2, -0.15) is 21.6 Å². The van der Waals surface area contributed by atoms with Crippen LogP contribution in [0.15, 0.2) is 48.5 Å². The maximum Gasteiger partial charge on any atom is 0.523 e. The van der Waals surface area contributed by atoms with E-state index in [1.54, 1.807) is 48.5 Å². The average Bonchev–Trinajstić information content (AvgIpc) is 2.75. The van der Waals surface area contributed by atoms with Crippen molar-refractivity contribution in [3.8, 4) is 11.5 Å². The zero-order valence-electron chi connectivity index (χ0n) is 16.9. The van der Waals surface area contributed by atoms with Crippen LogP contribution in [-0.2, 0) is 37.0 Å². The van der Waals surface area contributed by atoms with E-state index in [-0.39, 0.29) is 19.8 Å². The van der Waals surface area contributed by atoms with Gasteiger partial charge in [0, 0.05) is 0 Å². The summed E-state index contributed by atoms with van der Waals surface area (Å²) in [5.74, 6) is 1.29. The summed E-state index contributed by atoms with van der Waals surface area (Å²) in [7, 11) is -2.69. The minimum atomic E-state index is -5.74. The van der Waals surface area contributed by atoms with E-state index >= 15 is 0 Å². The highest BCUT2D eigenvalue weighted by atomic mass is 32.2. The summed E-state index contributed by atoms with van der Waals surface area (Å²) in [4.78, 5) is 0. The summed E-state index contributed by atoms with van der Waals surface area (Å²) >= 11 is 0. The van der Waals surface area contributed by atoms with Crippen molar-refractivity contribution < 1.29 is 44.7 Å². The molecular formula is C20H23F3O7S. The summed E-state index contributed by atoms with van der Waals surface area (Å²) in [5, 5.41) is 0. The van der Waals surface area contributed by atoms with Crippen molar-refractivity contribution >= 4 is 10.1 Å². The smallest absolute Gasteiger partial charge is 0.497 e. The predicted molar refractivity (Wildman–Crippen MR) is 105 cm³/mol. The van der Waals surface area contributed by atoms with Gasteiger partial charge in [-0.3, -0.25) is 4.18 Å². The molecule has 0 saturated carbocycles. The third-order valence-electron chi connectivity index (χ3n) is 4.07. The van der Waals surface area contributed by atoms with Crippen molar-refractivity contribution in [1.82, 2.24) is 0 Å². The molecule has 0 aliphatic heterocycles. The molecule has 0 N–H and O–H groups in total. The molecule has 0 aliphatic rings. The lowest BCUT2D eigenvalue weighted by Gasteiger charge is -2.19. The molecule has 2 aromatic rings. The van der Waals surface area contributed by atoms with E-state index in [4.69, 9.17) is 18.9 Å². The molecule has 31 heavy (non-hydrogen) atoms. The minimum absolute atomic E-state index is 0.00990. The van der Waals surface area contributed by atoms with Crippen LogP contribution in [0.3, 0.4) is 0 Å². The Kier molecular flexibility index (Phi) is 9.11. The molecular weight excluding hydrogens is 441 g/mol. The molecule has 2 aromatic carbocycles. The van der Waals surface area contributed by atoms with Crippen molar-refractivity contribution in [2.75, 3.05) is 27.4 Å². The van der Waals surface area contributed by atoms with Crippen molar-refractivity contribution in [3.63, 3.8) is 0 Å². The Hall–Kier alpha value is -2.34. The Morgan fingerprint density at radius 3 is 1.74 bits per heavy atom. The number of hydrogen-bond acceptors (Lipinski definition) is 7. The largest absolute Gasteiger partial charge is 0.523 e. The van der Waals surface area contributed by atoms with Crippen LogP contribution in [-0.4, -0.2) is 47.5 Å². The van der Waals surface area contributed by atoms with E-state index in [1.165, 1.54) is 14.2 Å². The van der Waals surface area contributed by atoms with Crippen molar-refractivity contribution in [3.05, 3.63) is 59.7 Å². The van der Waals surface area contributed by atoms with Gasteiger partial charge in [-0.15, -0.1) is 0 Å². The van der Waals surface area contributed by atoms with Crippen LogP contribution in [0.4, 0.5) is 13.2 Å². The average molecular weight is 464 g/mol. The molecule has 1 atom stereocenters. The second-order valence-corrected chi connectivity index (χ2v) is 7.94. The highest BCUT2D eigenvalue weighted by Crippen LogP contribution is 2.25. The molecule has 0 spiro atoms. The second-order valence-electron chi connectivity index (χ2n) is 6.33. The zero-order chi connectivity index (χ0) is 22.9. The minimum Gasteiger partial charge on any atom is -0.497 e. The summed E-state index contributed by atoms with van der Waals surface area (Å²) < 4.78 is 85.2. The molecule has 7 nitrogen and oxygen atoms in total. The Morgan fingerprint density at radius 2 is 1.29 bits per heavy atom. The van der Waals surface area contributed by atoms with Crippen LogP contribution in [0.5, 0.6) is 11.5 Å². The van der Waals surface area contributed by atoms with Crippen LogP contribution in [0, 0.1) is 0 Å². The number of rotatable bonds is 12. The van der Waals surface area contributed by atoms with Gasteiger partial charge in [-0.25, -0.2) is 0 Å². The van der Waals surface area contributed by atoms with Gasteiger partial charge >= 0.3 is 15.6 Å². The summed E-state index contributed by atoms with van der Waals surface area (Å²) in [6, 6.07) is 13.8. The second kappa shape index (κ2) is 11.3. The van der Waals surface area contributed by atoms with Gasteiger partial charge in [-0.1, -0.05) is 24.3 Å². The molecule has 0 aliphatic carbocycles. The van der Waals surface area contributed by atoms with E-state index in [1.807, 2.05) is 0 Å². The van der Waals surface area contributed by atoms with Gasteiger partial charge in [0.05, 0.1) is 40.6 Å². The van der Waals surface area contributed by atoms with Gasteiger partial charge in [0.1, 0.15) is 17.6 Å². The highest BCUT2D eigenvalue weighted by Gasteiger charge is 2.47. The van der Waals surface area contributed by atoms with E-state index in [2.05, 4.69) is 4.18 Å². The number of alkyl halides is 3. The van der Waals surface area contributed by atoms with Crippen molar-refractivity contribution in [2.45, 2.75) is 24.8 Å². The fourth-order valence-corrected chi connectivity index (χ4v) is 2.81. The first-order valence-corrected chi connectivity index (χ1v) is 10.5. The molecule has 0 saturated heterocycles. The standard InChI is InChI=1S/C20H23F3O7S/c1-26-17-7-3-15(4-8-17)11-28-13-19(14-30-31(24,25)20(21,22)23)29-12-16-5-9-18(27-2)10-6-16/h3-10,19H,11-14H2,1-2H3/t19-/m1/s1. The lowest BCUT2D eigenvalue weighted by Crippen LogP contribution is -2.32. The van der Waals surface area contributed by atoms with E-state index in [9.17, 15) is 21.6 Å². The van der Waals surface area contributed by atoms with Gasteiger partial charge in [-0.05, 0) is 35.4 Å². The first kappa shape index (κ1) is 24.9. The van der Waals surface area contributed by atoms with Crippen LogP contribution >= 0.6 is 0 Å². The van der Waals surface area contributed by atoms with Crippen LogP contribution in [0.25, 0.3) is 0 Å². The van der Waals surface area contributed by atoms with Crippen LogP contribution in [0.1, 0.15) is 11.1 Å². The molecule has 2 rings (SSSR count). The highest BCUT2D eigenvalue weighted by molar-refractivity contribution is 7.87. The van der Waals surface area contributed by atoms with E-state index < -0.39 is 28.3 Å². The summed E-state index contributed by atoms with van der Waals surface area (Å²) in [6.07, 6.45) is -1.06. The molecule has 0 heterocycles. The molecule has 0 fully saturated rings. The van der Waals surface area contributed by atoms with Crippen molar-refractivity contribution in [2.24, 2.45) is 0 Å². The van der Waals surface area contributed by atoms with Crippen LogP contribution in [0.2, 0.25) is 0 Å². The predicted octanol–water partition coefficient (Wildman–Crippen LogP) is 3.67. The molecule has 0 unspecified atom stereocenters. The molecule has 11 heteroatoms. The maximum atomic E-state index is 12.5. The monoisotopic (exact) mass is 464 g/mol. The van der Waals surface area contributed by atoms with Gasteiger partial charge in [0.25, 0.3) is 0 Å². The molecule has 172 valence electrons.